The molecule has 2 unspecified atom stereocenters. The van der Waals surface area contributed by atoms with Crippen LogP contribution >= 0.6 is 0 Å². The molecule has 0 radical (unpaired) electrons. The van der Waals surface area contributed by atoms with E-state index in [-0.39, 0.29) is 0 Å². The molecule has 0 bridgehead atoms. The molecule has 94 valence electrons. The Labute approximate surface area is 100 Å². The van der Waals surface area contributed by atoms with Crippen molar-refractivity contribution in [3.63, 3.8) is 0 Å². The van der Waals surface area contributed by atoms with Gasteiger partial charge in [-0.3, -0.25) is 4.90 Å². The number of hydrogen-bond acceptors (Lipinski definition) is 3. The summed E-state index contributed by atoms with van der Waals surface area (Å²) in [6, 6.07) is 1.23. The number of nitrogens with one attached hydrogen (secondary N) is 1. The molecule has 1 aliphatic rings. The molecule has 0 spiro atoms. The molecule has 1 fully saturated rings. The molecule has 0 amide bonds. The second kappa shape index (κ2) is 7.05. The molecule has 2 atom stereocenters. The summed E-state index contributed by atoms with van der Waals surface area (Å²) in [7, 11) is 4.46. The lowest BCUT2D eigenvalue weighted by Crippen LogP contribution is -2.58. The van der Waals surface area contributed by atoms with E-state index in [0.717, 1.165) is 13.0 Å². The van der Waals surface area contributed by atoms with Crippen LogP contribution in [0.5, 0.6) is 0 Å². The average Bonchev–Trinajstić information content (AvgIpc) is 2.28. The first-order valence-electron chi connectivity index (χ1n) is 6.42. The fourth-order valence-electron chi connectivity index (χ4n) is 2.47. The van der Waals surface area contributed by atoms with Crippen LogP contribution < -0.4 is 5.32 Å². The van der Waals surface area contributed by atoms with Gasteiger partial charge in [-0.05, 0) is 33.5 Å². The number of piperazine rings is 1. The molecule has 0 aromatic heterocycles. The van der Waals surface area contributed by atoms with Crippen LogP contribution in [-0.2, 0) is 0 Å². The van der Waals surface area contributed by atoms with Gasteiger partial charge >= 0.3 is 0 Å². The Morgan fingerprint density at radius 2 is 2.19 bits per heavy atom. The van der Waals surface area contributed by atoms with E-state index < -0.39 is 0 Å². The highest BCUT2D eigenvalue weighted by Gasteiger charge is 2.28. The molecule has 1 rings (SSSR count). The summed E-state index contributed by atoms with van der Waals surface area (Å²) in [5.41, 5.74) is 0. The van der Waals surface area contributed by atoms with Crippen molar-refractivity contribution in [3.8, 4) is 0 Å². The molecule has 1 N–H and O–H groups in total. The lowest BCUT2D eigenvalue weighted by molar-refractivity contribution is 0.0860. The van der Waals surface area contributed by atoms with Crippen molar-refractivity contribution in [1.82, 2.24) is 15.1 Å². The van der Waals surface area contributed by atoms with Gasteiger partial charge < -0.3 is 10.2 Å². The maximum Gasteiger partial charge on any atom is 0.0374 e. The molecule has 1 aliphatic heterocycles. The van der Waals surface area contributed by atoms with Gasteiger partial charge in [0, 0.05) is 31.7 Å². The standard InChI is InChI=1S/C13H27N3/c1-5-7-8-12(14-6-2)13-11-15(3)9-10-16(13)4/h5,12-14H,1,6-11H2,2-4H3. The molecule has 1 saturated heterocycles. The third-order valence-corrected chi connectivity index (χ3v) is 3.51. The topological polar surface area (TPSA) is 18.5 Å². The third kappa shape index (κ3) is 3.89. The SMILES string of the molecule is C=CCCC(NCC)C1CN(C)CCN1C. The van der Waals surface area contributed by atoms with Gasteiger partial charge in [-0.2, -0.15) is 0 Å². The molecule has 3 nitrogen and oxygen atoms in total. The highest BCUT2D eigenvalue weighted by molar-refractivity contribution is 4.89. The number of hydrogen-bond donors (Lipinski definition) is 1. The predicted octanol–water partition coefficient (Wildman–Crippen LogP) is 1.18. The number of likely N-dealkylation sites (N-methyl/N-ethyl adjacent to an activating group) is 3. The first-order chi connectivity index (χ1) is 7.69. The van der Waals surface area contributed by atoms with Crippen LogP contribution in [0.2, 0.25) is 0 Å². The highest BCUT2D eigenvalue weighted by Crippen LogP contribution is 2.14. The normalized spacial score (nSPS) is 25.6. The molecule has 16 heavy (non-hydrogen) atoms. The first-order valence-corrected chi connectivity index (χ1v) is 6.42. The van der Waals surface area contributed by atoms with E-state index in [1.807, 2.05) is 6.08 Å². The summed E-state index contributed by atoms with van der Waals surface area (Å²) >= 11 is 0. The lowest BCUT2D eigenvalue weighted by atomic mass is 9.99. The molecule has 0 saturated carbocycles. The minimum absolute atomic E-state index is 0.593. The van der Waals surface area contributed by atoms with Gasteiger partial charge in [0.1, 0.15) is 0 Å². The zero-order chi connectivity index (χ0) is 12.0. The number of rotatable bonds is 6. The van der Waals surface area contributed by atoms with Crippen molar-refractivity contribution in [2.75, 3.05) is 40.3 Å². The van der Waals surface area contributed by atoms with Gasteiger partial charge in [-0.15, -0.1) is 6.58 Å². The van der Waals surface area contributed by atoms with Crippen molar-refractivity contribution in [2.45, 2.75) is 31.8 Å². The van der Waals surface area contributed by atoms with Gasteiger partial charge in [0.25, 0.3) is 0 Å². The first kappa shape index (κ1) is 13.7. The van der Waals surface area contributed by atoms with Crippen LogP contribution in [0.3, 0.4) is 0 Å². The van der Waals surface area contributed by atoms with Gasteiger partial charge in [0.05, 0.1) is 0 Å². The maximum absolute atomic E-state index is 3.82. The molecular weight excluding hydrogens is 198 g/mol. The molecule has 0 aromatic carbocycles. The Kier molecular flexibility index (Phi) is 6.03. The zero-order valence-electron chi connectivity index (χ0n) is 11.1. The van der Waals surface area contributed by atoms with E-state index in [1.54, 1.807) is 0 Å². The summed E-state index contributed by atoms with van der Waals surface area (Å²) in [5.74, 6) is 0. The average molecular weight is 225 g/mol. The molecular formula is C13H27N3. The van der Waals surface area contributed by atoms with Crippen LogP contribution in [0.15, 0.2) is 12.7 Å². The second-order valence-corrected chi connectivity index (χ2v) is 4.84. The minimum atomic E-state index is 0.593. The Hall–Kier alpha value is -0.380. The van der Waals surface area contributed by atoms with Crippen molar-refractivity contribution < 1.29 is 0 Å². The Bertz CT molecular complexity index is 205. The van der Waals surface area contributed by atoms with Crippen molar-refractivity contribution in [1.29, 1.82) is 0 Å². The monoisotopic (exact) mass is 225 g/mol. The highest BCUT2D eigenvalue weighted by atomic mass is 15.3. The lowest BCUT2D eigenvalue weighted by Gasteiger charge is -2.42. The van der Waals surface area contributed by atoms with E-state index in [2.05, 4.69) is 42.7 Å². The van der Waals surface area contributed by atoms with E-state index in [9.17, 15) is 0 Å². The largest absolute Gasteiger partial charge is 0.313 e. The maximum atomic E-state index is 3.82. The van der Waals surface area contributed by atoms with Gasteiger partial charge in [-0.1, -0.05) is 13.0 Å². The van der Waals surface area contributed by atoms with E-state index in [4.69, 9.17) is 0 Å². The van der Waals surface area contributed by atoms with E-state index >= 15 is 0 Å². The Balaban J connectivity index is 2.55. The summed E-state index contributed by atoms with van der Waals surface area (Å²) in [6.07, 6.45) is 4.32. The number of nitrogens with zero attached hydrogens (tertiary/aromatic N) is 2. The summed E-state index contributed by atoms with van der Waals surface area (Å²) < 4.78 is 0. The fraction of sp³-hybridized carbons (Fsp3) is 0.846. The van der Waals surface area contributed by atoms with Gasteiger partial charge in [-0.25, -0.2) is 0 Å². The van der Waals surface area contributed by atoms with Crippen LogP contribution in [0.1, 0.15) is 19.8 Å². The Morgan fingerprint density at radius 1 is 1.44 bits per heavy atom. The van der Waals surface area contributed by atoms with Crippen LogP contribution in [0.25, 0.3) is 0 Å². The molecule has 3 heteroatoms. The zero-order valence-corrected chi connectivity index (χ0v) is 11.1. The van der Waals surface area contributed by atoms with Gasteiger partial charge in [0.2, 0.25) is 0 Å². The molecule has 1 heterocycles. The van der Waals surface area contributed by atoms with Gasteiger partial charge in [0.15, 0.2) is 0 Å². The van der Waals surface area contributed by atoms with E-state index in [1.165, 1.54) is 26.1 Å². The minimum Gasteiger partial charge on any atom is -0.313 e. The van der Waals surface area contributed by atoms with Crippen LogP contribution in [-0.4, -0.2) is 62.2 Å². The molecule has 0 aromatic rings. The molecule has 0 aliphatic carbocycles. The predicted molar refractivity (Wildman–Crippen MR) is 70.8 cm³/mol. The quantitative estimate of drug-likeness (QED) is 0.685. The summed E-state index contributed by atoms with van der Waals surface area (Å²) in [5, 5.41) is 3.62. The third-order valence-electron chi connectivity index (χ3n) is 3.51. The summed E-state index contributed by atoms with van der Waals surface area (Å²) in [4.78, 5) is 4.93. The van der Waals surface area contributed by atoms with Crippen LogP contribution in [0.4, 0.5) is 0 Å². The van der Waals surface area contributed by atoms with Crippen LogP contribution in [0, 0.1) is 0 Å². The smallest absolute Gasteiger partial charge is 0.0374 e. The van der Waals surface area contributed by atoms with Crippen molar-refractivity contribution in [3.05, 3.63) is 12.7 Å². The van der Waals surface area contributed by atoms with Crippen molar-refractivity contribution >= 4 is 0 Å². The second-order valence-electron chi connectivity index (χ2n) is 4.84. The number of allylic oxidation sites excluding steroid dienone is 1. The van der Waals surface area contributed by atoms with E-state index in [0.29, 0.717) is 12.1 Å². The van der Waals surface area contributed by atoms with Crippen molar-refractivity contribution in [2.24, 2.45) is 0 Å². The fourth-order valence-corrected chi connectivity index (χ4v) is 2.47. The summed E-state index contributed by atoms with van der Waals surface area (Å²) in [6.45, 7) is 10.6. The Morgan fingerprint density at radius 3 is 2.81 bits per heavy atom.